The fourth-order valence-corrected chi connectivity index (χ4v) is 6.99. The molecule has 5 atom stereocenters. The summed E-state index contributed by atoms with van der Waals surface area (Å²) in [5, 5.41) is 22.1. The highest BCUT2D eigenvalue weighted by molar-refractivity contribution is 6.18. The Morgan fingerprint density at radius 3 is 2.42 bits per heavy atom. The number of hydrogen-bond donors (Lipinski definition) is 2. The maximum atomic E-state index is 14.2. The molecule has 7 heteroatoms. The van der Waals surface area contributed by atoms with Crippen LogP contribution in [0, 0.1) is 17.8 Å². The number of benzene rings is 1. The van der Waals surface area contributed by atoms with Gasteiger partial charge in [-0.1, -0.05) is 43.2 Å². The molecule has 2 fully saturated rings. The number of nitrogens with zero attached hydrogens (tertiary/aromatic N) is 1. The number of phenols is 2. The predicted molar refractivity (Wildman–Crippen MR) is 145 cm³/mol. The number of carbonyl (C=O) groups excluding carboxylic acids is 2. The van der Waals surface area contributed by atoms with Crippen molar-refractivity contribution in [3.63, 3.8) is 0 Å². The van der Waals surface area contributed by atoms with Gasteiger partial charge < -0.3 is 24.6 Å². The second-order valence-electron chi connectivity index (χ2n) is 11.6. The molecule has 3 aliphatic carbocycles. The van der Waals surface area contributed by atoms with E-state index in [4.69, 9.17) is 9.47 Å². The van der Waals surface area contributed by atoms with Gasteiger partial charge in [-0.2, -0.15) is 0 Å². The zero-order valence-electron chi connectivity index (χ0n) is 23.3. The van der Waals surface area contributed by atoms with E-state index in [1.807, 2.05) is 39.8 Å². The minimum Gasteiger partial charge on any atom is -0.507 e. The summed E-state index contributed by atoms with van der Waals surface area (Å²) in [6.45, 7) is 14.7. The Labute approximate surface area is 224 Å². The molecule has 1 aromatic carbocycles. The lowest BCUT2D eigenvalue weighted by Gasteiger charge is -2.58. The topological polar surface area (TPSA) is 96.3 Å². The van der Waals surface area contributed by atoms with Gasteiger partial charge in [-0.15, -0.1) is 0 Å². The van der Waals surface area contributed by atoms with E-state index in [1.165, 1.54) is 6.07 Å². The molecule has 0 amide bonds. The van der Waals surface area contributed by atoms with E-state index in [9.17, 15) is 19.8 Å². The number of hydrogen-bond acceptors (Lipinski definition) is 7. The van der Waals surface area contributed by atoms with Crippen LogP contribution in [0.2, 0.25) is 0 Å². The number of allylic oxidation sites excluding steroid dienone is 4. The fraction of sp³-hybridized carbons (Fsp3) is 0.548. The molecule has 0 radical (unpaired) electrons. The minimum atomic E-state index is -1.33. The number of carbonyl (C=O) groups is 2. The number of ketones is 2. The molecule has 204 valence electrons. The lowest BCUT2D eigenvalue weighted by molar-refractivity contribution is -0.171. The van der Waals surface area contributed by atoms with Crippen molar-refractivity contribution in [1.82, 2.24) is 4.90 Å². The molecule has 6 rings (SSSR count). The van der Waals surface area contributed by atoms with E-state index < -0.39 is 17.1 Å². The molecule has 2 aliphatic heterocycles. The van der Waals surface area contributed by atoms with Crippen LogP contribution in [-0.4, -0.2) is 64.1 Å². The highest BCUT2D eigenvalue weighted by atomic mass is 16.6. The fourth-order valence-electron chi connectivity index (χ4n) is 6.99. The number of aromatic hydroxyl groups is 2. The van der Waals surface area contributed by atoms with Crippen LogP contribution in [0.15, 0.2) is 41.0 Å². The highest BCUT2D eigenvalue weighted by Crippen LogP contribution is 2.65. The maximum absolute atomic E-state index is 14.2. The normalized spacial score (nSPS) is 30.5. The average Bonchev–Trinajstić information content (AvgIpc) is 3.14. The van der Waals surface area contributed by atoms with Crippen LogP contribution >= 0.6 is 0 Å². The van der Waals surface area contributed by atoms with Crippen molar-refractivity contribution in [3.8, 4) is 17.2 Å². The molecule has 1 saturated carbocycles. The third-order valence-corrected chi connectivity index (χ3v) is 9.02. The SMILES string of the molecule is CCN(CC)C[C@@H]1[C@H]2CO[C@@]3(CC=C(C)C)C(=O)[C@@H]1C=C1C(=O)c4c(cc(O)c(CC=C(C)C)c4O)O[C@]123. The van der Waals surface area contributed by atoms with E-state index in [2.05, 4.69) is 18.7 Å². The van der Waals surface area contributed by atoms with E-state index >= 15 is 0 Å². The van der Waals surface area contributed by atoms with Crippen LogP contribution in [0.1, 0.15) is 63.9 Å². The molecular formula is C31H39NO6. The second kappa shape index (κ2) is 9.38. The van der Waals surface area contributed by atoms with Crippen LogP contribution in [0.3, 0.4) is 0 Å². The van der Waals surface area contributed by atoms with Crippen molar-refractivity contribution in [2.45, 2.75) is 65.6 Å². The van der Waals surface area contributed by atoms with Crippen molar-refractivity contribution in [2.24, 2.45) is 17.8 Å². The molecule has 7 nitrogen and oxygen atoms in total. The predicted octanol–water partition coefficient (Wildman–Crippen LogP) is 4.76. The molecular weight excluding hydrogens is 482 g/mol. The molecule has 0 unspecified atom stereocenters. The number of fused-ring (bicyclic) bond motifs is 1. The Morgan fingerprint density at radius 1 is 1.11 bits per heavy atom. The first-order valence-corrected chi connectivity index (χ1v) is 13.7. The van der Waals surface area contributed by atoms with Crippen molar-refractivity contribution < 1.29 is 29.3 Å². The van der Waals surface area contributed by atoms with Gasteiger partial charge in [0.1, 0.15) is 22.8 Å². The summed E-state index contributed by atoms with van der Waals surface area (Å²) in [6, 6.07) is 1.42. The Bertz CT molecular complexity index is 1280. The molecule has 2 N–H and O–H groups in total. The molecule has 38 heavy (non-hydrogen) atoms. The standard InChI is InChI=1S/C31H39NO6/c1-7-32(8-2)15-21-20-13-22-28(35)26-25(14-24(33)19(27(26)34)10-9-17(3)4)38-31(22)23(21)16-37-30(31,29(20)36)12-11-18(5)6/h9,11,13-14,20-21,23,33-34H,7-8,10,12,15-16H2,1-6H3/t20-,21+,23-,30+,31-/m1/s1. The van der Waals surface area contributed by atoms with Crippen molar-refractivity contribution in [2.75, 3.05) is 26.2 Å². The van der Waals surface area contributed by atoms with Crippen LogP contribution in [0.4, 0.5) is 0 Å². The summed E-state index contributed by atoms with van der Waals surface area (Å²) in [5.41, 5.74) is 0.175. The van der Waals surface area contributed by atoms with Gasteiger partial charge in [0.05, 0.1) is 6.61 Å². The monoisotopic (exact) mass is 521 g/mol. The van der Waals surface area contributed by atoms with Crippen molar-refractivity contribution in [1.29, 1.82) is 0 Å². The largest absolute Gasteiger partial charge is 0.507 e. The smallest absolute Gasteiger partial charge is 0.200 e. The first-order chi connectivity index (χ1) is 18.0. The molecule has 1 spiro atoms. The molecule has 5 aliphatic rings. The summed E-state index contributed by atoms with van der Waals surface area (Å²) in [4.78, 5) is 30.7. The van der Waals surface area contributed by atoms with Gasteiger partial charge in [0.15, 0.2) is 22.8 Å². The summed E-state index contributed by atoms with van der Waals surface area (Å²) < 4.78 is 13.2. The zero-order valence-corrected chi connectivity index (χ0v) is 23.3. The lowest BCUT2D eigenvalue weighted by atomic mass is 9.49. The maximum Gasteiger partial charge on any atom is 0.200 e. The van der Waals surface area contributed by atoms with Crippen molar-refractivity contribution >= 4 is 11.6 Å². The second-order valence-corrected chi connectivity index (χ2v) is 11.6. The third-order valence-electron chi connectivity index (χ3n) is 9.02. The summed E-state index contributed by atoms with van der Waals surface area (Å²) in [7, 11) is 0. The number of phenolic OH excluding ortho intramolecular Hbond substituents is 2. The van der Waals surface area contributed by atoms with Gasteiger partial charge in [0.2, 0.25) is 0 Å². The third kappa shape index (κ3) is 3.54. The first-order valence-electron chi connectivity index (χ1n) is 13.7. The summed E-state index contributed by atoms with van der Waals surface area (Å²) >= 11 is 0. The minimum absolute atomic E-state index is 0.0467. The zero-order chi connectivity index (χ0) is 27.6. The van der Waals surface area contributed by atoms with Gasteiger partial charge in [-0.05, 0) is 53.1 Å². The highest BCUT2D eigenvalue weighted by Gasteiger charge is 2.79. The Morgan fingerprint density at radius 2 is 1.79 bits per heavy atom. The van der Waals surface area contributed by atoms with Gasteiger partial charge in [-0.3, -0.25) is 9.59 Å². The quantitative estimate of drug-likeness (QED) is 0.476. The average molecular weight is 522 g/mol. The van der Waals surface area contributed by atoms with Crippen LogP contribution in [0.5, 0.6) is 17.2 Å². The Kier molecular flexibility index (Phi) is 6.59. The van der Waals surface area contributed by atoms with Crippen LogP contribution in [0.25, 0.3) is 0 Å². The Hall–Kier alpha value is -2.90. The molecule has 2 heterocycles. The van der Waals surface area contributed by atoms with Gasteiger partial charge >= 0.3 is 0 Å². The van der Waals surface area contributed by atoms with E-state index in [0.717, 1.165) is 24.2 Å². The Balaban J connectivity index is 1.70. The summed E-state index contributed by atoms with van der Waals surface area (Å²) in [5.74, 6) is -1.45. The van der Waals surface area contributed by atoms with Gasteiger partial charge in [-0.25, -0.2) is 0 Å². The number of Topliss-reactive ketones (excluding diaryl/α,β-unsaturated/α-hetero) is 2. The van der Waals surface area contributed by atoms with Gasteiger partial charge in [0.25, 0.3) is 0 Å². The van der Waals surface area contributed by atoms with E-state index in [-0.39, 0.29) is 58.2 Å². The number of ether oxygens (including phenoxy) is 2. The number of rotatable bonds is 8. The van der Waals surface area contributed by atoms with Crippen LogP contribution in [-0.2, 0) is 16.0 Å². The molecule has 0 aromatic heterocycles. The molecule has 1 aromatic rings. The van der Waals surface area contributed by atoms with E-state index in [1.54, 1.807) is 6.08 Å². The van der Waals surface area contributed by atoms with Crippen LogP contribution < -0.4 is 4.74 Å². The van der Waals surface area contributed by atoms with Gasteiger partial charge in [0, 0.05) is 42.0 Å². The summed E-state index contributed by atoms with van der Waals surface area (Å²) in [6.07, 6.45) is 6.25. The first kappa shape index (κ1) is 26.7. The molecule has 4 bridgehead atoms. The molecule has 1 saturated heterocycles. The van der Waals surface area contributed by atoms with E-state index in [0.29, 0.717) is 25.1 Å². The lowest BCUT2D eigenvalue weighted by Crippen LogP contribution is -2.74. The van der Waals surface area contributed by atoms with Crippen molar-refractivity contribution in [3.05, 3.63) is 52.1 Å².